The van der Waals surface area contributed by atoms with Crippen LogP contribution in [0.2, 0.25) is 0 Å². The summed E-state index contributed by atoms with van der Waals surface area (Å²) in [4.78, 5) is 25.1. The van der Waals surface area contributed by atoms with Gasteiger partial charge in [0.2, 0.25) is 5.91 Å². The van der Waals surface area contributed by atoms with Crippen molar-refractivity contribution < 1.29 is 18.0 Å². The zero-order valence-electron chi connectivity index (χ0n) is 18.3. The molecule has 1 amide bonds. The van der Waals surface area contributed by atoms with Crippen LogP contribution in [0.15, 0.2) is 47.8 Å². The van der Waals surface area contributed by atoms with Crippen LogP contribution in [0.3, 0.4) is 0 Å². The Kier molecular flexibility index (Phi) is 6.30. The maximum atomic E-state index is 12.9. The summed E-state index contributed by atoms with van der Waals surface area (Å²) in [6.07, 6.45) is -0.242. The van der Waals surface area contributed by atoms with E-state index in [9.17, 15) is 18.0 Å². The molecule has 1 unspecified atom stereocenters. The fourth-order valence-corrected chi connectivity index (χ4v) is 6.21. The highest BCUT2D eigenvalue weighted by Gasteiger charge is 2.37. The molecule has 0 saturated carbocycles. The standard InChI is InChI=1S/C24H23F3N4OS2/c1-15(22-28-7-10-33-22)16-5-8-30(9-6-16)19-12-21(32)31(13-19)18-4-2-3-17(11-18)23-29-20(14-34-23)24(25,26)27/h2-4,7,10-11,14,16,19H,1,5-6,8-9,12-13H2. The van der Waals surface area contributed by atoms with Crippen molar-refractivity contribution in [1.82, 2.24) is 14.9 Å². The van der Waals surface area contributed by atoms with Crippen LogP contribution < -0.4 is 4.90 Å². The summed E-state index contributed by atoms with van der Waals surface area (Å²) in [5.41, 5.74) is 1.49. The second-order valence-corrected chi connectivity index (χ2v) is 10.4. The maximum absolute atomic E-state index is 12.9. The third-order valence-electron chi connectivity index (χ3n) is 6.55. The number of rotatable bonds is 5. The monoisotopic (exact) mass is 504 g/mol. The van der Waals surface area contributed by atoms with Crippen molar-refractivity contribution in [2.24, 2.45) is 5.92 Å². The van der Waals surface area contributed by atoms with Crippen LogP contribution in [0.4, 0.5) is 18.9 Å². The van der Waals surface area contributed by atoms with Gasteiger partial charge in [-0.1, -0.05) is 18.7 Å². The molecular weight excluding hydrogens is 481 g/mol. The number of amides is 1. The highest BCUT2D eigenvalue weighted by molar-refractivity contribution is 7.13. The van der Waals surface area contributed by atoms with E-state index in [2.05, 4.69) is 21.4 Å². The van der Waals surface area contributed by atoms with Crippen LogP contribution in [-0.2, 0) is 11.0 Å². The SMILES string of the molecule is C=C(c1nccs1)C1CCN(C2CC(=O)N(c3cccc(-c4nc(C(F)(F)F)cs4)c3)C2)CC1. The number of piperidine rings is 1. The predicted octanol–water partition coefficient (Wildman–Crippen LogP) is 5.82. The minimum absolute atomic E-state index is 0.0339. The Morgan fingerprint density at radius 3 is 2.65 bits per heavy atom. The Labute approximate surface area is 203 Å². The summed E-state index contributed by atoms with van der Waals surface area (Å²) >= 11 is 2.57. The van der Waals surface area contributed by atoms with Gasteiger partial charge in [-0.2, -0.15) is 13.2 Å². The lowest BCUT2D eigenvalue weighted by Gasteiger charge is -2.36. The highest BCUT2D eigenvalue weighted by Crippen LogP contribution is 2.36. The van der Waals surface area contributed by atoms with E-state index >= 15 is 0 Å². The van der Waals surface area contributed by atoms with Crippen LogP contribution >= 0.6 is 22.7 Å². The van der Waals surface area contributed by atoms with Gasteiger partial charge in [0, 0.05) is 47.2 Å². The van der Waals surface area contributed by atoms with E-state index in [1.807, 2.05) is 11.4 Å². The summed E-state index contributed by atoms with van der Waals surface area (Å²) in [5.74, 6) is 0.443. The van der Waals surface area contributed by atoms with Crippen molar-refractivity contribution in [2.75, 3.05) is 24.5 Å². The normalized spacial score (nSPS) is 20.3. The van der Waals surface area contributed by atoms with Crippen LogP contribution in [-0.4, -0.2) is 46.5 Å². The van der Waals surface area contributed by atoms with Crippen LogP contribution in [0.1, 0.15) is 30.0 Å². The zero-order valence-corrected chi connectivity index (χ0v) is 19.9. The minimum atomic E-state index is -4.47. The van der Waals surface area contributed by atoms with Gasteiger partial charge in [0.15, 0.2) is 5.69 Å². The fourth-order valence-electron chi connectivity index (χ4n) is 4.70. The Morgan fingerprint density at radius 1 is 1.18 bits per heavy atom. The van der Waals surface area contributed by atoms with Gasteiger partial charge in [-0.05, 0) is 49.6 Å². The molecule has 0 radical (unpaired) electrons. The molecule has 178 valence electrons. The van der Waals surface area contributed by atoms with Gasteiger partial charge in [-0.25, -0.2) is 9.97 Å². The van der Waals surface area contributed by atoms with Gasteiger partial charge in [-0.3, -0.25) is 9.69 Å². The number of alkyl halides is 3. The van der Waals surface area contributed by atoms with E-state index in [-0.39, 0.29) is 11.9 Å². The number of likely N-dealkylation sites (tertiary alicyclic amines) is 1. The number of thiazole rings is 2. The van der Waals surface area contributed by atoms with Crippen molar-refractivity contribution in [3.05, 3.63) is 58.5 Å². The van der Waals surface area contributed by atoms with E-state index in [1.54, 1.807) is 40.6 Å². The number of nitrogens with zero attached hydrogens (tertiary/aromatic N) is 4. The van der Waals surface area contributed by atoms with E-state index in [1.165, 1.54) is 0 Å². The summed E-state index contributed by atoms with van der Waals surface area (Å²) in [7, 11) is 0. The topological polar surface area (TPSA) is 49.3 Å². The molecule has 0 spiro atoms. The number of halogens is 3. The molecule has 1 atom stereocenters. The van der Waals surface area contributed by atoms with E-state index in [0.717, 1.165) is 53.2 Å². The van der Waals surface area contributed by atoms with Crippen molar-refractivity contribution >= 4 is 39.8 Å². The van der Waals surface area contributed by atoms with Gasteiger partial charge in [0.05, 0.1) is 0 Å². The van der Waals surface area contributed by atoms with Gasteiger partial charge >= 0.3 is 6.18 Å². The second kappa shape index (κ2) is 9.24. The number of hydrogen-bond acceptors (Lipinski definition) is 6. The van der Waals surface area contributed by atoms with Gasteiger partial charge < -0.3 is 4.90 Å². The van der Waals surface area contributed by atoms with Crippen LogP contribution in [0.25, 0.3) is 16.1 Å². The third-order valence-corrected chi connectivity index (χ3v) is 8.29. The molecule has 2 aliphatic heterocycles. The van der Waals surface area contributed by atoms with Crippen molar-refractivity contribution in [1.29, 1.82) is 0 Å². The molecule has 1 aromatic carbocycles. The predicted molar refractivity (Wildman–Crippen MR) is 129 cm³/mol. The molecule has 0 bridgehead atoms. The first-order valence-electron chi connectivity index (χ1n) is 11.1. The Morgan fingerprint density at radius 2 is 1.97 bits per heavy atom. The van der Waals surface area contributed by atoms with E-state index in [4.69, 9.17) is 0 Å². The lowest BCUT2D eigenvalue weighted by atomic mass is 9.89. The first-order chi connectivity index (χ1) is 16.3. The molecule has 4 heterocycles. The summed E-state index contributed by atoms with van der Waals surface area (Å²) in [5, 5.41) is 4.28. The second-order valence-electron chi connectivity index (χ2n) is 8.62. The van der Waals surface area contributed by atoms with E-state index in [0.29, 0.717) is 35.1 Å². The largest absolute Gasteiger partial charge is 0.434 e. The molecule has 5 nitrogen and oxygen atoms in total. The van der Waals surface area contributed by atoms with Crippen LogP contribution in [0.5, 0.6) is 0 Å². The molecule has 2 aromatic heterocycles. The van der Waals surface area contributed by atoms with Crippen LogP contribution in [0, 0.1) is 5.92 Å². The summed E-state index contributed by atoms with van der Waals surface area (Å²) < 4.78 is 38.8. The molecule has 5 rings (SSSR count). The fraction of sp³-hybridized carbons (Fsp3) is 0.375. The average molecular weight is 505 g/mol. The van der Waals surface area contributed by atoms with Crippen molar-refractivity contribution in [2.45, 2.75) is 31.5 Å². The molecule has 2 fully saturated rings. The molecular formula is C24H23F3N4OS2. The minimum Gasteiger partial charge on any atom is -0.311 e. The maximum Gasteiger partial charge on any atom is 0.434 e. The number of anilines is 1. The number of allylic oxidation sites excluding steroid dienone is 1. The lowest BCUT2D eigenvalue weighted by molar-refractivity contribution is -0.140. The summed E-state index contributed by atoms with van der Waals surface area (Å²) in [6.45, 7) is 6.64. The summed E-state index contributed by atoms with van der Waals surface area (Å²) in [6, 6.07) is 7.19. The number of aromatic nitrogens is 2. The number of carbonyl (C=O) groups is 1. The molecule has 10 heteroatoms. The van der Waals surface area contributed by atoms with Crippen molar-refractivity contribution in [3.63, 3.8) is 0 Å². The molecule has 34 heavy (non-hydrogen) atoms. The first kappa shape index (κ1) is 23.2. The Balaban J connectivity index is 1.24. The first-order valence-corrected chi connectivity index (χ1v) is 12.8. The molecule has 3 aromatic rings. The third kappa shape index (κ3) is 4.67. The molecule has 0 N–H and O–H groups in total. The molecule has 2 saturated heterocycles. The number of carbonyl (C=O) groups excluding carboxylic acids is 1. The van der Waals surface area contributed by atoms with Gasteiger partial charge in [0.25, 0.3) is 0 Å². The highest BCUT2D eigenvalue weighted by atomic mass is 32.1. The number of benzene rings is 1. The average Bonchev–Trinajstić information content (AvgIpc) is 3.59. The van der Waals surface area contributed by atoms with E-state index < -0.39 is 11.9 Å². The van der Waals surface area contributed by atoms with Gasteiger partial charge in [-0.15, -0.1) is 22.7 Å². The van der Waals surface area contributed by atoms with Gasteiger partial charge in [0.1, 0.15) is 10.0 Å². The van der Waals surface area contributed by atoms with Crippen molar-refractivity contribution in [3.8, 4) is 10.6 Å². The molecule has 2 aliphatic rings. The molecule has 0 aliphatic carbocycles. The smallest absolute Gasteiger partial charge is 0.311 e. The number of hydrogen-bond donors (Lipinski definition) is 0. The Bertz CT molecular complexity index is 1180. The lowest BCUT2D eigenvalue weighted by Crippen LogP contribution is -2.43. The zero-order chi connectivity index (χ0) is 23.9. The quantitative estimate of drug-likeness (QED) is 0.440. The Hall–Kier alpha value is -2.56.